The van der Waals surface area contributed by atoms with Crippen LogP contribution in [-0.4, -0.2) is 43.8 Å². The normalized spacial score (nSPS) is 12.2. The summed E-state index contributed by atoms with van der Waals surface area (Å²) in [5, 5.41) is 3.57. The average molecular weight is 619 g/mol. The van der Waals surface area contributed by atoms with Crippen molar-refractivity contribution in [2.45, 2.75) is 71.5 Å². The molecule has 0 fully saturated rings. The van der Waals surface area contributed by atoms with E-state index in [2.05, 4.69) is 5.32 Å². The lowest BCUT2D eigenvalue weighted by molar-refractivity contribution is -0.140. The van der Waals surface area contributed by atoms with E-state index in [0.29, 0.717) is 27.7 Å². The quantitative estimate of drug-likeness (QED) is 0.268. The van der Waals surface area contributed by atoms with Crippen molar-refractivity contribution in [1.82, 2.24) is 10.2 Å². The summed E-state index contributed by atoms with van der Waals surface area (Å²) < 4.78 is 29.3. The highest BCUT2D eigenvalue weighted by Crippen LogP contribution is 2.30. The van der Waals surface area contributed by atoms with Crippen LogP contribution >= 0.6 is 23.2 Å². The maximum Gasteiger partial charge on any atom is 0.264 e. The van der Waals surface area contributed by atoms with Gasteiger partial charge in [0.25, 0.3) is 10.0 Å². The third-order valence-corrected chi connectivity index (χ3v) is 9.40. The predicted octanol–water partition coefficient (Wildman–Crippen LogP) is 6.45. The number of carbonyl (C=O) groups excluding carboxylic acids is 2. The van der Waals surface area contributed by atoms with Gasteiger partial charge in [0.05, 0.1) is 20.6 Å². The summed E-state index contributed by atoms with van der Waals surface area (Å²) in [6, 6.07) is 15.8. The average Bonchev–Trinajstić information content (AvgIpc) is 2.90. The Morgan fingerprint density at radius 3 is 2.17 bits per heavy atom. The maximum atomic E-state index is 14.2. The zero-order chi connectivity index (χ0) is 30.5. The molecule has 3 rings (SSSR count). The molecule has 7 nitrogen and oxygen atoms in total. The molecule has 0 saturated carbocycles. The monoisotopic (exact) mass is 617 g/mol. The number of benzene rings is 3. The van der Waals surface area contributed by atoms with E-state index in [9.17, 15) is 18.0 Å². The van der Waals surface area contributed by atoms with Gasteiger partial charge in [-0.05, 0) is 88.1 Å². The number of halogens is 2. The number of hydrogen-bond donors (Lipinski definition) is 1. The molecule has 220 valence electrons. The fourth-order valence-corrected chi connectivity index (χ4v) is 6.28. The number of sulfonamides is 1. The van der Waals surface area contributed by atoms with E-state index in [1.165, 1.54) is 17.0 Å². The van der Waals surface area contributed by atoms with Gasteiger partial charge in [-0.2, -0.15) is 0 Å². The highest BCUT2D eigenvalue weighted by molar-refractivity contribution is 7.92. The van der Waals surface area contributed by atoms with Crippen molar-refractivity contribution in [3.8, 4) is 0 Å². The van der Waals surface area contributed by atoms with Gasteiger partial charge in [-0.3, -0.25) is 13.9 Å². The fraction of sp³-hybridized carbons (Fsp3) is 0.355. The minimum absolute atomic E-state index is 0.0327. The van der Waals surface area contributed by atoms with Gasteiger partial charge in [0.2, 0.25) is 11.8 Å². The molecule has 3 aromatic carbocycles. The van der Waals surface area contributed by atoms with Crippen molar-refractivity contribution >= 4 is 50.7 Å². The van der Waals surface area contributed by atoms with Crippen LogP contribution in [0.15, 0.2) is 65.6 Å². The predicted molar refractivity (Wildman–Crippen MR) is 166 cm³/mol. The molecule has 41 heavy (non-hydrogen) atoms. The van der Waals surface area contributed by atoms with E-state index < -0.39 is 28.5 Å². The van der Waals surface area contributed by atoms with E-state index in [1.807, 2.05) is 47.6 Å². The van der Waals surface area contributed by atoms with Crippen molar-refractivity contribution in [2.75, 3.05) is 10.8 Å². The largest absolute Gasteiger partial charge is 0.352 e. The molecule has 0 spiro atoms. The molecule has 10 heteroatoms. The molecule has 0 aliphatic rings. The van der Waals surface area contributed by atoms with Crippen LogP contribution in [0.2, 0.25) is 10.0 Å². The number of aryl methyl sites for hydroxylation is 2. The van der Waals surface area contributed by atoms with Gasteiger partial charge in [0, 0.05) is 12.6 Å². The summed E-state index contributed by atoms with van der Waals surface area (Å²) in [4.78, 5) is 28.9. The number of rotatable bonds is 11. The first-order valence-corrected chi connectivity index (χ1v) is 15.6. The van der Waals surface area contributed by atoms with Crippen LogP contribution in [-0.2, 0) is 26.2 Å². The molecule has 3 aromatic rings. The van der Waals surface area contributed by atoms with Crippen LogP contribution in [0.1, 0.15) is 49.4 Å². The Morgan fingerprint density at radius 2 is 1.59 bits per heavy atom. The van der Waals surface area contributed by atoms with Gasteiger partial charge >= 0.3 is 0 Å². The summed E-state index contributed by atoms with van der Waals surface area (Å²) in [7, 11) is -4.15. The Labute approximate surface area is 253 Å². The lowest BCUT2D eigenvalue weighted by atomic mass is 10.1. The van der Waals surface area contributed by atoms with Gasteiger partial charge in [-0.25, -0.2) is 8.42 Å². The molecule has 0 aliphatic carbocycles. The SMILES string of the molecule is CC[C@H](C(=O)NC(C)C)N(Cc1ccc(Cl)c(Cl)c1)C(=O)CN(c1cccc(C)c1C)S(=O)(=O)c1ccc(C)cc1. The molecular formula is C31H37Cl2N3O4S. The minimum Gasteiger partial charge on any atom is -0.352 e. The van der Waals surface area contributed by atoms with Crippen LogP contribution in [0.4, 0.5) is 5.69 Å². The third-order valence-electron chi connectivity index (χ3n) is 6.89. The first kappa shape index (κ1) is 32.4. The van der Waals surface area contributed by atoms with Gasteiger partial charge < -0.3 is 10.2 Å². The number of carbonyl (C=O) groups is 2. The van der Waals surface area contributed by atoms with E-state index in [0.717, 1.165) is 21.0 Å². The van der Waals surface area contributed by atoms with Crippen molar-refractivity contribution in [2.24, 2.45) is 0 Å². The Morgan fingerprint density at radius 1 is 0.927 bits per heavy atom. The van der Waals surface area contributed by atoms with Crippen molar-refractivity contribution < 1.29 is 18.0 Å². The fourth-order valence-electron chi connectivity index (χ4n) is 4.49. The van der Waals surface area contributed by atoms with Crippen molar-refractivity contribution in [3.05, 3.63) is 93.0 Å². The topological polar surface area (TPSA) is 86.8 Å². The molecule has 0 saturated heterocycles. The first-order valence-electron chi connectivity index (χ1n) is 13.5. The minimum atomic E-state index is -4.15. The summed E-state index contributed by atoms with van der Waals surface area (Å²) in [5.74, 6) is -0.853. The van der Waals surface area contributed by atoms with Crippen LogP contribution in [0.25, 0.3) is 0 Å². The molecule has 0 aromatic heterocycles. The Hall–Kier alpha value is -3.07. The standard InChI is InChI=1S/C31H37Cl2N3O4S/c1-7-28(31(38)34-20(2)3)35(18-24-13-16-26(32)27(33)17-24)30(37)19-36(29-10-8-9-22(5)23(29)6)41(39,40)25-14-11-21(4)12-15-25/h8-17,20,28H,7,18-19H2,1-6H3,(H,34,38)/t28-/m1/s1. The third kappa shape index (κ3) is 7.82. The van der Waals surface area contributed by atoms with E-state index in [-0.39, 0.29) is 23.4 Å². The molecular weight excluding hydrogens is 581 g/mol. The van der Waals surface area contributed by atoms with Crippen LogP contribution < -0.4 is 9.62 Å². The summed E-state index contributed by atoms with van der Waals surface area (Å²) in [6.45, 7) is 10.6. The molecule has 1 N–H and O–H groups in total. The second kappa shape index (κ2) is 13.7. The zero-order valence-electron chi connectivity index (χ0n) is 24.2. The number of amides is 2. The molecule has 0 aliphatic heterocycles. The second-order valence-electron chi connectivity index (χ2n) is 10.4. The Kier molecular flexibility index (Phi) is 10.9. The van der Waals surface area contributed by atoms with Crippen molar-refractivity contribution in [1.29, 1.82) is 0 Å². The lowest BCUT2D eigenvalue weighted by Gasteiger charge is -2.34. The molecule has 1 atom stereocenters. The van der Waals surface area contributed by atoms with Crippen molar-refractivity contribution in [3.63, 3.8) is 0 Å². The Bertz CT molecular complexity index is 1510. The van der Waals surface area contributed by atoms with Gasteiger partial charge in [-0.1, -0.05) is 66.0 Å². The highest BCUT2D eigenvalue weighted by Gasteiger charge is 2.34. The Balaban J connectivity index is 2.12. The number of hydrogen-bond acceptors (Lipinski definition) is 4. The van der Waals surface area contributed by atoms with Crippen LogP contribution in [0.3, 0.4) is 0 Å². The highest BCUT2D eigenvalue weighted by atomic mass is 35.5. The summed E-state index contributed by atoms with van der Waals surface area (Å²) >= 11 is 12.4. The first-order chi connectivity index (χ1) is 19.3. The number of nitrogens with zero attached hydrogens (tertiary/aromatic N) is 2. The molecule has 0 radical (unpaired) electrons. The molecule has 0 bridgehead atoms. The summed E-state index contributed by atoms with van der Waals surface area (Å²) in [6.07, 6.45) is 0.319. The summed E-state index contributed by atoms with van der Waals surface area (Å²) in [5.41, 5.74) is 3.58. The van der Waals surface area contributed by atoms with E-state index >= 15 is 0 Å². The van der Waals surface area contributed by atoms with E-state index in [1.54, 1.807) is 42.5 Å². The van der Waals surface area contributed by atoms with Gasteiger partial charge in [0.15, 0.2) is 0 Å². The molecule has 0 heterocycles. The lowest BCUT2D eigenvalue weighted by Crippen LogP contribution is -2.53. The van der Waals surface area contributed by atoms with Crippen LogP contribution in [0.5, 0.6) is 0 Å². The van der Waals surface area contributed by atoms with Gasteiger partial charge in [0.1, 0.15) is 12.6 Å². The second-order valence-corrected chi connectivity index (χ2v) is 13.1. The maximum absolute atomic E-state index is 14.2. The van der Waals surface area contributed by atoms with Crippen LogP contribution in [0, 0.1) is 20.8 Å². The zero-order valence-corrected chi connectivity index (χ0v) is 26.6. The molecule has 0 unspecified atom stereocenters. The van der Waals surface area contributed by atoms with Gasteiger partial charge in [-0.15, -0.1) is 0 Å². The molecule has 2 amide bonds. The number of nitrogens with one attached hydrogen (secondary N) is 1. The number of anilines is 1. The van der Waals surface area contributed by atoms with E-state index in [4.69, 9.17) is 23.2 Å². The smallest absolute Gasteiger partial charge is 0.264 e.